The highest BCUT2D eigenvalue weighted by Gasteiger charge is 2.46. The van der Waals surface area contributed by atoms with Crippen molar-refractivity contribution in [2.75, 3.05) is 9.80 Å². The van der Waals surface area contributed by atoms with E-state index in [4.69, 9.17) is 4.42 Å². The van der Waals surface area contributed by atoms with Crippen LogP contribution in [0.4, 0.5) is 34.1 Å². The first-order chi connectivity index (χ1) is 34.9. The Bertz CT molecular complexity index is 4140. The van der Waals surface area contributed by atoms with Gasteiger partial charge in [0.05, 0.1) is 16.9 Å². The molecule has 71 heavy (non-hydrogen) atoms. The smallest absolute Gasteiger partial charge is 0.333 e. The molecule has 0 unspecified atom stereocenters. The molecular formula is C64H44BN3OS2. The van der Waals surface area contributed by atoms with E-state index in [1.54, 1.807) is 0 Å². The van der Waals surface area contributed by atoms with Gasteiger partial charge in [0.25, 0.3) is 0 Å². The number of anilines is 6. The second-order valence-electron chi connectivity index (χ2n) is 20.0. The van der Waals surface area contributed by atoms with Crippen LogP contribution in [0.15, 0.2) is 236 Å². The van der Waals surface area contributed by atoms with E-state index in [0.29, 0.717) is 0 Å². The summed E-state index contributed by atoms with van der Waals surface area (Å²) in [5.74, 6) is 0. The minimum absolute atomic E-state index is 0.0563. The van der Waals surface area contributed by atoms with Crippen molar-refractivity contribution in [3.8, 4) is 22.3 Å². The van der Waals surface area contributed by atoms with Crippen LogP contribution in [0.1, 0.15) is 26.3 Å². The summed E-state index contributed by atoms with van der Waals surface area (Å²) < 4.78 is 9.82. The van der Waals surface area contributed by atoms with Crippen LogP contribution in [0.25, 0.3) is 66.0 Å². The fourth-order valence-corrected chi connectivity index (χ4v) is 14.0. The summed E-state index contributed by atoms with van der Waals surface area (Å²) in [6, 6.07) is 78.6. The van der Waals surface area contributed by atoms with Crippen molar-refractivity contribution in [2.45, 2.75) is 45.8 Å². The van der Waals surface area contributed by atoms with E-state index in [9.17, 15) is 0 Å². The molecule has 0 saturated carbocycles. The first-order valence-electron chi connectivity index (χ1n) is 24.4. The summed E-state index contributed by atoms with van der Waals surface area (Å²) >= 11 is 3.78. The molecule has 7 heteroatoms. The second-order valence-corrected chi connectivity index (χ2v) is 22.2. The number of aromatic nitrogens is 1. The Kier molecular flexibility index (Phi) is 8.85. The van der Waals surface area contributed by atoms with Crippen molar-refractivity contribution >= 4 is 119 Å². The Morgan fingerprint density at radius 3 is 1.83 bits per heavy atom. The van der Waals surface area contributed by atoms with Crippen molar-refractivity contribution in [1.82, 2.24) is 4.48 Å². The van der Waals surface area contributed by atoms with Crippen molar-refractivity contribution in [2.24, 2.45) is 0 Å². The van der Waals surface area contributed by atoms with E-state index in [2.05, 4.69) is 247 Å². The molecule has 0 saturated heterocycles. The Morgan fingerprint density at radius 2 is 1.11 bits per heavy atom. The lowest BCUT2D eigenvalue weighted by molar-refractivity contribution is 0.590. The van der Waals surface area contributed by atoms with Gasteiger partial charge in [-0.15, -0.1) is 0 Å². The quantitative estimate of drug-likeness (QED) is 0.160. The maximum Gasteiger partial charge on any atom is 0.333 e. The number of rotatable bonds is 5. The fourth-order valence-electron chi connectivity index (χ4n) is 11.7. The van der Waals surface area contributed by atoms with E-state index < -0.39 is 0 Å². The molecule has 0 aliphatic carbocycles. The molecule has 3 aliphatic rings. The number of fused-ring (bicyclic) bond motifs is 13. The van der Waals surface area contributed by atoms with Crippen LogP contribution in [0.3, 0.4) is 0 Å². The molecular weight excluding hydrogens is 902 g/mol. The minimum Gasteiger partial charge on any atom is -0.454 e. The molecule has 0 N–H and O–H groups in total. The molecule has 0 amide bonds. The van der Waals surface area contributed by atoms with E-state index in [-0.39, 0.29) is 12.3 Å². The monoisotopic (exact) mass is 945 g/mol. The van der Waals surface area contributed by atoms with Crippen LogP contribution in [0.5, 0.6) is 0 Å². The number of para-hydroxylation sites is 3. The molecule has 15 rings (SSSR count). The normalized spacial score (nSPS) is 13.4. The lowest BCUT2D eigenvalue weighted by Gasteiger charge is -2.42. The lowest BCUT2D eigenvalue weighted by Crippen LogP contribution is -2.57. The van der Waals surface area contributed by atoms with Gasteiger partial charge in [0, 0.05) is 75.1 Å². The third-order valence-corrected chi connectivity index (χ3v) is 17.4. The van der Waals surface area contributed by atoms with Crippen LogP contribution < -0.4 is 20.7 Å². The minimum atomic E-state index is -0.184. The first-order valence-corrected chi connectivity index (χ1v) is 26.1. The molecule has 0 atom stereocenters. The van der Waals surface area contributed by atoms with E-state index >= 15 is 0 Å². The number of hydrogen-bond acceptors (Lipinski definition) is 5. The van der Waals surface area contributed by atoms with Gasteiger partial charge in [-0.1, -0.05) is 166 Å². The average molecular weight is 946 g/mol. The van der Waals surface area contributed by atoms with Crippen LogP contribution >= 0.6 is 23.5 Å². The zero-order chi connectivity index (χ0) is 47.1. The molecule has 0 radical (unpaired) electrons. The summed E-state index contributed by atoms with van der Waals surface area (Å²) in [6.07, 6.45) is 0. The number of furan rings is 1. The largest absolute Gasteiger partial charge is 0.454 e. The van der Waals surface area contributed by atoms with E-state index in [1.807, 2.05) is 23.5 Å². The van der Waals surface area contributed by atoms with Crippen LogP contribution in [-0.2, 0) is 5.41 Å². The average Bonchev–Trinajstić information content (AvgIpc) is 3.94. The Hall–Kier alpha value is -7.84. The van der Waals surface area contributed by atoms with Gasteiger partial charge < -0.3 is 18.7 Å². The summed E-state index contributed by atoms with van der Waals surface area (Å²) in [7, 11) is 0. The molecule has 0 bridgehead atoms. The van der Waals surface area contributed by atoms with E-state index in [1.165, 1.54) is 86.0 Å². The Labute approximate surface area is 421 Å². The molecule has 5 heterocycles. The van der Waals surface area contributed by atoms with Gasteiger partial charge in [-0.2, -0.15) is 0 Å². The third-order valence-electron chi connectivity index (χ3n) is 14.9. The molecule has 0 spiro atoms. The van der Waals surface area contributed by atoms with Crippen molar-refractivity contribution in [1.29, 1.82) is 0 Å². The molecule has 3 aliphatic heterocycles. The maximum atomic E-state index is 7.15. The highest BCUT2D eigenvalue weighted by molar-refractivity contribution is 8.05. The zero-order valence-corrected chi connectivity index (χ0v) is 41.0. The van der Waals surface area contributed by atoms with Gasteiger partial charge in [-0.25, -0.2) is 0 Å². The van der Waals surface area contributed by atoms with Crippen LogP contribution in [0, 0.1) is 0 Å². The number of nitrogens with zero attached hydrogens (tertiary/aromatic N) is 3. The van der Waals surface area contributed by atoms with Gasteiger partial charge in [0.15, 0.2) is 5.58 Å². The topological polar surface area (TPSA) is 24.6 Å². The van der Waals surface area contributed by atoms with Gasteiger partial charge in [-0.05, 0) is 129 Å². The zero-order valence-electron chi connectivity index (χ0n) is 39.4. The standard InChI is InChI=1S/C64H44BN3OS2/c1-64(2,3)41-31-32-52(47(34-41)39-19-7-4-8-20-39)67-53-38-58-57(70-55-29-17-18-30-56(55)71-58)37-51(53)65-59-48(33-40-21-13-14-26-45(40)61(59)67)49-35-44(66(42-22-9-5-10-23-42)43-24-11-6-12-25-43)36-50-60(49)68(65)62-46-27-15-16-28-54(46)69-63(50)62/h4-38H,1-3H3. The third kappa shape index (κ3) is 6.09. The molecule has 4 nitrogen and oxygen atoms in total. The van der Waals surface area contributed by atoms with Crippen LogP contribution in [-0.4, -0.2) is 11.3 Å². The van der Waals surface area contributed by atoms with Crippen LogP contribution in [0.2, 0.25) is 0 Å². The molecule has 336 valence electrons. The number of hydrogen-bond donors (Lipinski definition) is 0. The fraction of sp³-hybridized carbons (Fsp3) is 0.0625. The summed E-state index contributed by atoms with van der Waals surface area (Å²) in [5, 5.41) is 4.64. The van der Waals surface area contributed by atoms with Crippen molar-refractivity contribution < 1.29 is 4.42 Å². The molecule has 0 fully saturated rings. The van der Waals surface area contributed by atoms with E-state index in [0.717, 1.165) is 50.2 Å². The second kappa shape index (κ2) is 15.3. The summed E-state index contributed by atoms with van der Waals surface area (Å²) in [5.41, 5.74) is 19.6. The molecule has 10 aromatic carbocycles. The van der Waals surface area contributed by atoms with Gasteiger partial charge in [-0.3, -0.25) is 0 Å². The predicted octanol–water partition coefficient (Wildman–Crippen LogP) is 17.2. The predicted molar refractivity (Wildman–Crippen MR) is 301 cm³/mol. The van der Waals surface area contributed by atoms with Gasteiger partial charge >= 0.3 is 6.85 Å². The summed E-state index contributed by atoms with van der Waals surface area (Å²) in [6.45, 7) is 6.77. The Morgan fingerprint density at radius 1 is 0.479 bits per heavy atom. The first kappa shape index (κ1) is 41.0. The van der Waals surface area contributed by atoms with Crippen molar-refractivity contribution in [3.05, 3.63) is 218 Å². The maximum absolute atomic E-state index is 7.15. The highest BCUT2D eigenvalue weighted by atomic mass is 32.2. The SMILES string of the molecule is CC(C)(C)c1ccc(N2c3cc4c(cc3B3c5c(cc6ccccc6c52)-c2cc(N(c5ccccc5)c5ccccc5)cc5c6oc7ccccc7c6n3c25)Sc2ccccc2S4)c(-c2ccccc2)c1. The highest BCUT2D eigenvalue weighted by Crippen LogP contribution is 2.55. The van der Waals surface area contributed by atoms with Gasteiger partial charge in [0.1, 0.15) is 5.58 Å². The lowest BCUT2D eigenvalue weighted by atomic mass is 9.44. The Balaban J connectivity index is 1.12. The molecule has 2 aromatic heterocycles. The van der Waals surface area contributed by atoms with Crippen molar-refractivity contribution in [3.63, 3.8) is 0 Å². The van der Waals surface area contributed by atoms with Gasteiger partial charge in [0.2, 0.25) is 0 Å². The number of benzene rings is 10. The molecule has 12 aromatic rings. The summed E-state index contributed by atoms with van der Waals surface area (Å²) in [4.78, 5) is 10.2.